The number of allylic oxidation sites excluding steroid dienone is 2. The van der Waals surface area contributed by atoms with Crippen LogP contribution in [-0.4, -0.2) is 96.5 Å². The maximum atomic E-state index is 13.8. The number of rotatable bonds is 21. The van der Waals surface area contributed by atoms with E-state index in [0.717, 1.165) is 0 Å². The minimum atomic E-state index is -0.692. The van der Waals surface area contributed by atoms with Gasteiger partial charge in [-0.15, -0.1) is 0 Å². The number of hydrogen-bond donors (Lipinski definition) is 4. The lowest BCUT2D eigenvalue weighted by atomic mass is 10.1. The molecule has 4 aromatic heterocycles. The van der Waals surface area contributed by atoms with E-state index in [1.807, 2.05) is 43.9 Å². The second kappa shape index (κ2) is 20.0. The average molecular weight is 859 g/mol. The number of imidazole rings is 1. The molecule has 2 aromatic carbocycles. The van der Waals surface area contributed by atoms with Gasteiger partial charge in [0.15, 0.2) is 0 Å². The largest absolute Gasteiger partial charge is 0.494 e. The third kappa shape index (κ3) is 10.3. The number of aliphatic imine (C=N–C) groups is 1. The number of carbonyl (C=O) groups excluding carboxylic acids is 4. The second-order valence-corrected chi connectivity index (χ2v) is 14.2. The molecule has 0 saturated heterocycles. The summed E-state index contributed by atoms with van der Waals surface area (Å²) in [5.74, 6) is -0.705. The van der Waals surface area contributed by atoms with Gasteiger partial charge in [0.05, 0.1) is 54.8 Å². The highest BCUT2D eigenvalue weighted by molar-refractivity contribution is 6.04. The number of methoxy groups -OCH3 is 1. The Morgan fingerprint density at radius 2 is 1.62 bits per heavy atom. The lowest BCUT2D eigenvalue weighted by Crippen LogP contribution is -2.39. The Labute approximate surface area is 362 Å². The van der Waals surface area contributed by atoms with Crippen LogP contribution in [0.25, 0.3) is 11.0 Å². The average Bonchev–Trinajstić information content (AvgIpc) is 4.06. The minimum absolute atomic E-state index is 0.00848. The molecule has 0 aliphatic heterocycles. The Morgan fingerprint density at radius 1 is 0.921 bits per heavy atom. The quantitative estimate of drug-likeness (QED) is 0.0339. The molecule has 6 N–H and O–H groups in total. The standard InChI is InChI=1S/C43H50N14O6/c1-7-56-34(17-27(3)51-56)41(60)47-26-53(38-32(46-5)19-29(25-58)20-36(38)62-6)13-9-10-15-55-39-33(49-43(55)50-42(61)35-18-28(4)52-57(35)8-2)21-30(40(45)59)22-37(39)63-16-12-11-14-54-24-31(44)23-48-54/h9-12,17-25H,5,7-8,13-16,26,44H2,1-4,6H3,(H2,45,59)(H,47,60)(H,49,50,61)/b10-9+,12-11+. The molecule has 0 aliphatic carbocycles. The zero-order valence-corrected chi connectivity index (χ0v) is 35.7. The molecule has 6 aromatic rings. The number of anilines is 3. The summed E-state index contributed by atoms with van der Waals surface area (Å²) < 4.78 is 18.6. The maximum Gasteiger partial charge on any atom is 0.276 e. The number of hydrogen-bond acceptors (Lipinski definition) is 13. The molecule has 0 bridgehead atoms. The molecular formula is C43H50N14O6. The van der Waals surface area contributed by atoms with Crippen molar-refractivity contribution in [2.24, 2.45) is 10.7 Å². The van der Waals surface area contributed by atoms with E-state index in [9.17, 15) is 19.2 Å². The van der Waals surface area contributed by atoms with Crippen molar-refractivity contribution in [1.29, 1.82) is 0 Å². The fraction of sp³-hybridized carbons (Fsp3) is 0.279. The summed E-state index contributed by atoms with van der Waals surface area (Å²) >= 11 is 0. The van der Waals surface area contributed by atoms with E-state index in [1.165, 1.54) is 19.2 Å². The Hall–Kier alpha value is -8.03. The fourth-order valence-electron chi connectivity index (χ4n) is 6.88. The molecule has 0 atom stereocenters. The van der Waals surface area contributed by atoms with Gasteiger partial charge in [-0.05, 0) is 76.9 Å². The van der Waals surface area contributed by atoms with E-state index in [2.05, 4.69) is 37.6 Å². The molecule has 63 heavy (non-hydrogen) atoms. The molecule has 0 unspecified atom stereocenters. The van der Waals surface area contributed by atoms with E-state index >= 15 is 0 Å². The summed E-state index contributed by atoms with van der Waals surface area (Å²) in [6.07, 6.45) is 11.3. The van der Waals surface area contributed by atoms with Crippen molar-refractivity contribution in [3.8, 4) is 11.5 Å². The number of aldehydes is 1. The highest BCUT2D eigenvalue weighted by Crippen LogP contribution is 2.39. The van der Waals surface area contributed by atoms with Crippen LogP contribution < -0.4 is 36.5 Å². The lowest BCUT2D eigenvalue weighted by molar-refractivity contribution is 0.0941. The molecule has 20 nitrogen and oxygen atoms in total. The van der Waals surface area contributed by atoms with E-state index in [4.69, 9.17) is 25.9 Å². The van der Waals surface area contributed by atoms with E-state index < -0.39 is 11.8 Å². The van der Waals surface area contributed by atoms with Gasteiger partial charge < -0.3 is 35.7 Å². The third-order valence-electron chi connectivity index (χ3n) is 9.76. The third-order valence-corrected chi connectivity index (χ3v) is 9.76. The number of carbonyl (C=O) groups is 4. The monoisotopic (exact) mass is 858 g/mol. The molecule has 328 valence electrons. The molecule has 0 aliphatic rings. The predicted molar refractivity (Wildman–Crippen MR) is 239 cm³/mol. The number of aromatic nitrogens is 8. The maximum absolute atomic E-state index is 13.8. The van der Waals surface area contributed by atoms with Crippen molar-refractivity contribution < 1.29 is 28.7 Å². The van der Waals surface area contributed by atoms with Gasteiger partial charge >= 0.3 is 0 Å². The van der Waals surface area contributed by atoms with Crippen molar-refractivity contribution in [1.82, 2.24) is 44.2 Å². The fourth-order valence-corrected chi connectivity index (χ4v) is 6.88. The number of amides is 3. The zero-order chi connectivity index (χ0) is 45.2. The van der Waals surface area contributed by atoms with Gasteiger partial charge in [-0.3, -0.25) is 43.5 Å². The van der Waals surface area contributed by atoms with Crippen molar-refractivity contribution >= 4 is 64.8 Å². The molecule has 3 amide bonds. The van der Waals surface area contributed by atoms with Crippen LogP contribution in [0.1, 0.15) is 66.9 Å². The summed E-state index contributed by atoms with van der Waals surface area (Å²) in [4.78, 5) is 62.4. The smallest absolute Gasteiger partial charge is 0.276 e. The number of fused-ring (bicyclic) bond motifs is 1. The van der Waals surface area contributed by atoms with Gasteiger partial charge in [0, 0.05) is 43.5 Å². The first-order chi connectivity index (χ1) is 30.4. The first-order valence-corrected chi connectivity index (χ1v) is 20.0. The van der Waals surface area contributed by atoms with Crippen LogP contribution in [0.3, 0.4) is 0 Å². The van der Waals surface area contributed by atoms with Crippen LogP contribution in [-0.2, 0) is 26.2 Å². The zero-order valence-electron chi connectivity index (χ0n) is 35.7. The van der Waals surface area contributed by atoms with Crippen molar-refractivity contribution in [2.45, 2.75) is 53.9 Å². The number of nitrogens with zero attached hydrogens (tertiary/aromatic N) is 10. The lowest BCUT2D eigenvalue weighted by Gasteiger charge is -2.27. The topological polar surface area (TPSA) is 250 Å². The highest BCUT2D eigenvalue weighted by Gasteiger charge is 2.23. The van der Waals surface area contributed by atoms with Crippen LogP contribution in [0, 0.1) is 13.8 Å². The summed E-state index contributed by atoms with van der Waals surface area (Å²) in [5.41, 5.74) is 16.3. The Kier molecular flexibility index (Phi) is 14.1. The molecule has 4 heterocycles. The SMILES string of the molecule is C=Nc1cc(C=O)cc(OC)c1N(C/C=C/Cn1c(NC(=O)c2cc(C)nn2CC)nc2cc(C(N)=O)cc(OC/C=C/Cn3cc(N)cn3)c21)CNC(=O)c1cc(C)nn1CC. The molecule has 0 saturated carbocycles. The summed E-state index contributed by atoms with van der Waals surface area (Å²) in [5, 5.41) is 18.9. The first kappa shape index (κ1) is 44.5. The van der Waals surface area contributed by atoms with Gasteiger partial charge in [0.1, 0.15) is 47.0 Å². The molecule has 0 radical (unpaired) electrons. The molecule has 0 fully saturated rings. The highest BCUT2D eigenvalue weighted by atomic mass is 16.5. The summed E-state index contributed by atoms with van der Waals surface area (Å²) in [6.45, 7) is 13.0. The molecule has 20 heteroatoms. The number of ether oxygens (including phenoxy) is 2. The molecular weight excluding hydrogens is 809 g/mol. The van der Waals surface area contributed by atoms with Crippen LogP contribution in [0.2, 0.25) is 0 Å². The second-order valence-electron chi connectivity index (χ2n) is 14.2. The van der Waals surface area contributed by atoms with E-state index in [1.54, 1.807) is 68.3 Å². The predicted octanol–water partition coefficient (Wildman–Crippen LogP) is 4.45. The first-order valence-electron chi connectivity index (χ1n) is 20.0. The van der Waals surface area contributed by atoms with Crippen LogP contribution >= 0.6 is 0 Å². The van der Waals surface area contributed by atoms with Crippen LogP contribution in [0.4, 0.5) is 23.0 Å². The van der Waals surface area contributed by atoms with Crippen molar-refractivity contribution in [2.75, 3.05) is 42.9 Å². The van der Waals surface area contributed by atoms with Gasteiger partial charge in [0.2, 0.25) is 11.9 Å². The summed E-state index contributed by atoms with van der Waals surface area (Å²) in [6, 6.07) is 9.62. The van der Waals surface area contributed by atoms with E-state index in [0.29, 0.717) is 88.1 Å². The van der Waals surface area contributed by atoms with Gasteiger partial charge in [0.25, 0.3) is 11.8 Å². The minimum Gasteiger partial charge on any atom is -0.494 e. The van der Waals surface area contributed by atoms with Crippen LogP contribution in [0.15, 0.2) is 78.1 Å². The van der Waals surface area contributed by atoms with Crippen molar-refractivity contribution in [3.63, 3.8) is 0 Å². The summed E-state index contributed by atoms with van der Waals surface area (Å²) in [7, 11) is 1.47. The molecule has 6 rings (SSSR count). The number of primary amides is 1. The Morgan fingerprint density at radius 3 is 2.24 bits per heavy atom. The number of nitrogen functional groups attached to an aromatic ring is 1. The normalized spacial score (nSPS) is 11.4. The Balaban J connectivity index is 1.36. The number of nitrogens with one attached hydrogen (secondary N) is 2. The van der Waals surface area contributed by atoms with Crippen molar-refractivity contribution in [3.05, 3.63) is 107 Å². The number of nitrogens with two attached hydrogens (primary N) is 2. The number of aryl methyl sites for hydroxylation is 4. The Bertz CT molecular complexity index is 2720. The van der Waals surface area contributed by atoms with Gasteiger partial charge in [-0.2, -0.15) is 15.3 Å². The van der Waals surface area contributed by atoms with Gasteiger partial charge in [-0.25, -0.2) is 4.98 Å². The molecule has 0 spiro atoms. The van der Waals surface area contributed by atoms with Gasteiger partial charge in [-0.1, -0.05) is 18.2 Å². The number of benzene rings is 2. The van der Waals surface area contributed by atoms with Crippen LogP contribution in [0.5, 0.6) is 11.5 Å². The van der Waals surface area contributed by atoms with E-state index in [-0.39, 0.29) is 49.5 Å².